The minimum atomic E-state index is -0.558. The Morgan fingerprint density at radius 3 is 2.33 bits per heavy atom. The maximum absolute atomic E-state index is 12.4. The third-order valence-electron chi connectivity index (χ3n) is 4.12. The molecule has 0 aromatic heterocycles. The van der Waals surface area contributed by atoms with E-state index in [4.69, 9.17) is 28.9 Å². The van der Waals surface area contributed by atoms with Crippen molar-refractivity contribution in [1.29, 1.82) is 0 Å². The smallest absolute Gasteiger partial charge is 0.231 e. The molecule has 0 saturated carbocycles. The molecule has 8 heteroatoms. The van der Waals surface area contributed by atoms with Crippen LogP contribution in [-0.2, 0) is 9.59 Å². The molecule has 1 heterocycles. The van der Waals surface area contributed by atoms with Gasteiger partial charge >= 0.3 is 0 Å². The van der Waals surface area contributed by atoms with E-state index in [1.54, 1.807) is 18.2 Å². The summed E-state index contributed by atoms with van der Waals surface area (Å²) in [5, 5.41) is 13.3. The molecule has 0 aliphatic carbocycles. The zero-order chi connectivity index (χ0) is 17.7. The molecule has 0 radical (unpaired) electrons. The summed E-state index contributed by atoms with van der Waals surface area (Å²) in [5.41, 5.74) is 5.84. The van der Waals surface area contributed by atoms with Gasteiger partial charge in [0.15, 0.2) is 0 Å². The summed E-state index contributed by atoms with van der Waals surface area (Å²) in [4.78, 5) is 25.3. The molecule has 4 N–H and O–H groups in total. The molecular formula is C16H21Cl2N3O3. The van der Waals surface area contributed by atoms with Crippen LogP contribution in [0.2, 0.25) is 10.0 Å². The zero-order valence-corrected chi connectivity index (χ0v) is 14.7. The molecule has 24 heavy (non-hydrogen) atoms. The number of carbonyl (C=O) groups is 2. The highest BCUT2D eigenvalue weighted by atomic mass is 35.5. The molecule has 1 aliphatic rings. The highest BCUT2D eigenvalue weighted by molar-refractivity contribution is 6.34. The van der Waals surface area contributed by atoms with Crippen LogP contribution < -0.4 is 11.1 Å². The molecule has 1 fully saturated rings. The molecular weight excluding hydrogens is 353 g/mol. The second-order valence-corrected chi connectivity index (χ2v) is 6.84. The second kappa shape index (κ2) is 8.67. The minimum absolute atomic E-state index is 0.121. The first kappa shape index (κ1) is 19.0. The number of nitrogens with one attached hydrogen (secondary N) is 1. The molecule has 1 aromatic rings. The van der Waals surface area contributed by atoms with E-state index < -0.39 is 6.04 Å². The molecule has 2 rings (SSSR count). The van der Waals surface area contributed by atoms with Crippen LogP contribution in [0.3, 0.4) is 0 Å². The van der Waals surface area contributed by atoms with Gasteiger partial charge in [0.1, 0.15) is 0 Å². The lowest BCUT2D eigenvalue weighted by atomic mass is 9.95. The van der Waals surface area contributed by atoms with E-state index in [0.717, 1.165) is 0 Å². The average molecular weight is 374 g/mol. The fourth-order valence-corrected chi connectivity index (χ4v) is 3.42. The van der Waals surface area contributed by atoms with Crippen LogP contribution in [0.25, 0.3) is 0 Å². The van der Waals surface area contributed by atoms with Gasteiger partial charge in [-0.1, -0.05) is 23.2 Å². The second-order valence-electron chi connectivity index (χ2n) is 5.96. The van der Waals surface area contributed by atoms with Crippen LogP contribution in [0.5, 0.6) is 0 Å². The predicted molar refractivity (Wildman–Crippen MR) is 92.8 cm³/mol. The topological polar surface area (TPSA) is 95.7 Å². The predicted octanol–water partition coefficient (Wildman–Crippen LogP) is 1.34. The van der Waals surface area contributed by atoms with Gasteiger partial charge in [0, 0.05) is 16.0 Å². The number of aliphatic hydroxyl groups excluding tert-OH is 1. The van der Waals surface area contributed by atoms with Gasteiger partial charge in [0.05, 0.1) is 19.2 Å². The molecule has 1 aromatic carbocycles. The fourth-order valence-electron chi connectivity index (χ4n) is 2.87. The summed E-state index contributed by atoms with van der Waals surface area (Å²) in [5.74, 6) is -0.641. The van der Waals surface area contributed by atoms with Gasteiger partial charge in [-0.15, -0.1) is 0 Å². The number of piperidine rings is 1. The van der Waals surface area contributed by atoms with Gasteiger partial charge in [0.2, 0.25) is 11.8 Å². The normalized spacial score (nSPS) is 17.5. The third kappa shape index (κ3) is 5.34. The summed E-state index contributed by atoms with van der Waals surface area (Å²) in [7, 11) is 0. The van der Waals surface area contributed by atoms with Crippen molar-refractivity contribution in [3.63, 3.8) is 0 Å². The van der Waals surface area contributed by atoms with E-state index in [1.165, 1.54) is 0 Å². The summed E-state index contributed by atoms with van der Waals surface area (Å²) in [6.07, 6.45) is 1.29. The summed E-state index contributed by atoms with van der Waals surface area (Å²) in [6.45, 7) is 1.26. The number of likely N-dealkylation sites (tertiary alicyclic amines) is 1. The van der Waals surface area contributed by atoms with Crippen molar-refractivity contribution < 1.29 is 14.7 Å². The van der Waals surface area contributed by atoms with Crippen LogP contribution in [0.1, 0.15) is 24.4 Å². The van der Waals surface area contributed by atoms with Crippen molar-refractivity contribution in [2.45, 2.75) is 18.9 Å². The van der Waals surface area contributed by atoms with E-state index in [0.29, 0.717) is 41.5 Å². The van der Waals surface area contributed by atoms with Crippen LogP contribution in [-0.4, -0.2) is 48.1 Å². The van der Waals surface area contributed by atoms with Crippen molar-refractivity contribution in [2.75, 3.05) is 26.2 Å². The largest absolute Gasteiger partial charge is 0.394 e. The molecule has 1 atom stereocenters. The monoisotopic (exact) mass is 373 g/mol. The van der Waals surface area contributed by atoms with E-state index >= 15 is 0 Å². The number of carbonyl (C=O) groups excluding carboxylic acids is 2. The van der Waals surface area contributed by atoms with E-state index in [1.807, 2.05) is 4.90 Å². The van der Waals surface area contributed by atoms with Crippen molar-refractivity contribution in [2.24, 2.45) is 11.7 Å². The highest BCUT2D eigenvalue weighted by Gasteiger charge is 2.27. The van der Waals surface area contributed by atoms with Gasteiger partial charge in [-0.25, -0.2) is 0 Å². The standard InChI is InChI=1S/C16H21Cl2N3O3/c17-12-5-11(6-13(18)7-12)14(9-22)20-16(24)10-1-3-21(4-2-10)8-15(19)23/h5-7,10,14,22H,1-4,8-9H2,(H2,19,23)(H,20,24)/t14-/m0/s1. The zero-order valence-electron chi connectivity index (χ0n) is 13.2. The van der Waals surface area contributed by atoms with Gasteiger partial charge in [-0.05, 0) is 49.7 Å². The number of primary amides is 1. The first-order valence-electron chi connectivity index (χ1n) is 7.77. The maximum Gasteiger partial charge on any atom is 0.231 e. The number of aliphatic hydroxyl groups is 1. The number of nitrogens with zero attached hydrogens (tertiary/aromatic N) is 1. The molecule has 6 nitrogen and oxygen atoms in total. The lowest BCUT2D eigenvalue weighted by molar-refractivity contribution is -0.127. The third-order valence-corrected chi connectivity index (χ3v) is 4.56. The van der Waals surface area contributed by atoms with Crippen molar-refractivity contribution >= 4 is 35.0 Å². The average Bonchev–Trinajstić information content (AvgIpc) is 2.51. The van der Waals surface area contributed by atoms with E-state index in [9.17, 15) is 14.7 Å². The first-order chi connectivity index (χ1) is 11.4. The minimum Gasteiger partial charge on any atom is -0.394 e. The first-order valence-corrected chi connectivity index (χ1v) is 8.52. The number of hydrogen-bond acceptors (Lipinski definition) is 4. The van der Waals surface area contributed by atoms with E-state index in [2.05, 4.69) is 5.32 Å². The molecule has 0 bridgehead atoms. The Morgan fingerprint density at radius 2 is 1.83 bits per heavy atom. The Morgan fingerprint density at radius 1 is 1.25 bits per heavy atom. The number of hydrogen-bond donors (Lipinski definition) is 3. The van der Waals surface area contributed by atoms with Gasteiger partial charge < -0.3 is 16.2 Å². The summed E-state index contributed by atoms with van der Waals surface area (Å²) in [6, 6.07) is 4.38. The van der Waals surface area contributed by atoms with Gasteiger partial charge in [-0.2, -0.15) is 0 Å². The number of amides is 2. The number of rotatable bonds is 6. The SMILES string of the molecule is NC(=O)CN1CCC(C(=O)N[C@@H](CO)c2cc(Cl)cc(Cl)c2)CC1. The molecule has 1 saturated heterocycles. The van der Waals surface area contributed by atoms with Crippen LogP contribution in [0.4, 0.5) is 0 Å². The fraction of sp³-hybridized carbons (Fsp3) is 0.500. The Labute approximate surface area is 150 Å². The van der Waals surface area contributed by atoms with E-state index in [-0.39, 0.29) is 30.9 Å². The molecule has 1 aliphatic heterocycles. The Kier molecular flexibility index (Phi) is 6.86. The van der Waals surface area contributed by atoms with Crippen LogP contribution in [0.15, 0.2) is 18.2 Å². The van der Waals surface area contributed by atoms with Gasteiger partial charge in [0.25, 0.3) is 0 Å². The Bertz CT molecular complexity index is 584. The lowest BCUT2D eigenvalue weighted by Crippen LogP contribution is -2.44. The van der Waals surface area contributed by atoms with Crippen molar-refractivity contribution in [3.8, 4) is 0 Å². The molecule has 0 spiro atoms. The van der Waals surface area contributed by atoms with Crippen molar-refractivity contribution in [3.05, 3.63) is 33.8 Å². The van der Waals surface area contributed by atoms with Crippen LogP contribution in [0, 0.1) is 5.92 Å². The molecule has 132 valence electrons. The van der Waals surface area contributed by atoms with Crippen LogP contribution >= 0.6 is 23.2 Å². The summed E-state index contributed by atoms with van der Waals surface area (Å²) < 4.78 is 0. The molecule has 2 amide bonds. The van der Waals surface area contributed by atoms with Gasteiger partial charge in [-0.3, -0.25) is 14.5 Å². The Hall–Kier alpha value is -1.34. The number of benzene rings is 1. The highest BCUT2D eigenvalue weighted by Crippen LogP contribution is 2.24. The number of halogens is 2. The maximum atomic E-state index is 12.4. The quantitative estimate of drug-likeness (QED) is 0.700. The molecule has 0 unspecified atom stereocenters. The Balaban J connectivity index is 1.94. The summed E-state index contributed by atoms with van der Waals surface area (Å²) >= 11 is 11.9. The van der Waals surface area contributed by atoms with Crippen molar-refractivity contribution in [1.82, 2.24) is 10.2 Å². The number of nitrogens with two attached hydrogens (primary N) is 1. The lowest BCUT2D eigenvalue weighted by Gasteiger charge is -2.31.